The van der Waals surface area contributed by atoms with Gasteiger partial charge in [0.2, 0.25) is 5.88 Å². The Morgan fingerprint density at radius 1 is 1.12 bits per heavy atom. The van der Waals surface area contributed by atoms with Gasteiger partial charge in [-0.15, -0.1) is 6.58 Å². The molecule has 26 heavy (non-hydrogen) atoms. The van der Waals surface area contributed by atoms with Gasteiger partial charge in [0.15, 0.2) is 0 Å². The van der Waals surface area contributed by atoms with Crippen molar-refractivity contribution in [2.75, 3.05) is 13.7 Å². The van der Waals surface area contributed by atoms with Crippen LogP contribution in [0.2, 0.25) is 0 Å². The molecule has 1 aromatic rings. The fourth-order valence-corrected chi connectivity index (χ4v) is 1.78. The molecule has 0 bridgehead atoms. The number of rotatable bonds is 8. The Morgan fingerprint density at radius 2 is 1.69 bits per heavy atom. The van der Waals surface area contributed by atoms with Crippen LogP contribution < -0.4 is 0 Å². The van der Waals surface area contributed by atoms with E-state index in [9.17, 15) is 4.79 Å². The molecule has 4 nitrogen and oxygen atoms in total. The molecule has 0 heterocycles. The summed E-state index contributed by atoms with van der Waals surface area (Å²) in [5.41, 5.74) is 1.83. The molecule has 0 fully saturated rings. The summed E-state index contributed by atoms with van der Waals surface area (Å²) in [6, 6.07) is 7.15. The lowest BCUT2D eigenvalue weighted by atomic mass is 10.0. The van der Waals surface area contributed by atoms with Crippen LogP contribution in [0.15, 0.2) is 66.5 Å². The van der Waals surface area contributed by atoms with Crippen LogP contribution in [0, 0.1) is 0 Å². The molecule has 0 aliphatic carbocycles. The number of benzene rings is 1. The van der Waals surface area contributed by atoms with E-state index in [0.29, 0.717) is 29.3 Å². The van der Waals surface area contributed by atoms with Crippen LogP contribution in [-0.4, -0.2) is 25.4 Å². The van der Waals surface area contributed by atoms with Gasteiger partial charge < -0.3 is 9.47 Å². The van der Waals surface area contributed by atoms with E-state index < -0.39 is 5.97 Å². The topological polar surface area (TPSA) is 47.9 Å². The number of nitrogens with zero attached hydrogens (tertiary/aromatic N) is 1. The van der Waals surface area contributed by atoms with Crippen molar-refractivity contribution < 1.29 is 14.3 Å². The summed E-state index contributed by atoms with van der Waals surface area (Å²) in [4.78, 5) is 16.2. The number of allylic oxidation sites excluding steroid dienone is 2. The van der Waals surface area contributed by atoms with Gasteiger partial charge in [0.25, 0.3) is 0 Å². The summed E-state index contributed by atoms with van der Waals surface area (Å²) in [5.74, 6) is 0.0426. The second kappa shape index (κ2) is 17.2. The number of hydrogen-bond donors (Lipinski definition) is 0. The minimum Gasteiger partial charge on any atom is -0.477 e. The molecule has 1 aromatic carbocycles. The van der Waals surface area contributed by atoms with Crippen molar-refractivity contribution in [3.05, 3.63) is 72.7 Å². The molecule has 4 heteroatoms. The highest BCUT2D eigenvalue weighted by atomic mass is 16.5. The summed E-state index contributed by atoms with van der Waals surface area (Å²) in [6.07, 6.45) is 5.77. The maximum absolute atomic E-state index is 11.8. The molecule has 144 valence electrons. The van der Waals surface area contributed by atoms with Crippen LogP contribution in [0.4, 0.5) is 0 Å². The van der Waals surface area contributed by atoms with Crippen LogP contribution in [0.1, 0.15) is 57.0 Å². The van der Waals surface area contributed by atoms with Gasteiger partial charge in [-0.05, 0) is 25.5 Å². The molecule has 0 saturated heterocycles. The van der Waals surface area contributed by atoms with Gasteiger partial charge in [-0.25, -0.2) is 9.79 Å². The number of aliphatic imine (C=N–C) groups is 1. The minimum absolute atomic E-state index is 0.396. The van der Waals surface area contributed by atoms with E-state index in [2.05, 4.69) is 18.2 Å². The number of hydrogen-bond acceptors (Lipinski definition) is 4. The summed E-state index contributed by atoms with van der Waals surface area (Å²) in [7, 11) is 1.35. The summed E-state index contributed by atoms with van der Waals surface area (Å²) in [5, 5.41) is 0. The third-order valence-electron chi connectivity index (χ3n) is 2.83. The van der Waals surface area contributed by atoms with Gasteiger partial charge in [0, 0.05) is 11.3 Å². The van der Waals surface area contributed by atoms with E-state index in [-0.39, 0.29) is 0 Å². The minimum atomic E-state index is -0.396. The number of carbonyl (C=O) groups is 1. The smallest absolute Gasteiger partial charge is 0.338 e. The Balaban J connectivity index is 0. The van der Waals surface area contributed by atoms with Crippen molar-refractivity contribution in [2.45, 2.75) is 41.0 Å². The highest BCUT2D eigenvalue weighted by molar-refractivity contribution is 6.08. The average molecular weight is 360 g/mol. The Morgan fingerprint density at radius 3 is 2.19 bits per heavy atom. The highest BCUT2D eigenvalue weighted by Gasteiger charge is 2.13. The van der Waals surface area contributed by atoms with Crippen molar-refractivity contribution in [3.8, 4) is 0 Å². The van der Waals surface area contributed by atoms with E-state index in [1.165, 1.54) is 7.11 Å². The molecule has 0 atom stereocenters. The molecule has 1 rings (SSSR count). The number of carbonyl (C=O) groups excluding carboxylic acids is 1. The van der Waals surface area contributed by atoms with E-state index in [1.807, 2.05) is 46.8 Å². The standard InChI is InChI=1S/C18H21NO3.2C2H6/c1-5-7-13-22-17(10-6-2)19-14(3)15-11-8-9-12-16(15)18(20)21-4;2*1-2/h5-6,8-12H,1-2,7,13H2,3-4H3;2*1-2H3/b17-10+,19-14+;;. The van der Waals surface area contributed by atoms with Gasteiger partial charge >= 0.3 is 5.97 Å². The largest absolute Gasteiger partial charge is 0.477 e. The first-order valence-corrected chi connectivity index (χ1v) is 8.93. The first kappa shape index (κ1) is 25.6. The molecule has 0 aromatic heterocycles. The van der Waals surface area contributed by atoms with Crippen molar-refractivity contribution in [1.82, 2.24) is 0 Å². The molecule has 0 spiro atoms. The molecule has 0 unspecified atom stereocenters. The number of methoxy groups -OCH3 is 1. The Bertz CT molecular complexity index is 601. The zero-order valence-electron chi connectivity index (χ0n) is 17.0. The summed E-state index contributed by atoms with van der Waals surface area (Å²) < 4.78 is 10.3. The Kier molecular flexibility index (Phi) is 17.0. The molecular formula is C22H33NO3. The molecular weight excluding hydrogens is 326 g/mol. The maximum Gasteiger partial charge on any atom is 0.338 e. The number of esters is 1. The SMILES string of the molecule is C=C/C=C(\N=C(/C)c1ccccc1C(=O)OC)OCCC=C.CC.CC. The highest BCUT2D eigenvalue weighted by Crippen LogP contribution is 2.14. The summed E-state index contributed by atoms with van der Waals surface area (Å²) >= 11 is 0. The zero-order valence-corrected chi connectivity index (χ0v) is 17.0. The fraction of sp³-hybridized carbons (Fsp3) is 0.364. The third-order valence-corrected chi connectivity index (χ3v) is 2.83. The first-order chi connectivity index (χ1) is 12.6. The van der Waals surface area contributed by atoms with E-state index >= 15 is 0 Å². The van der Waals surface area contributed by atoms with E-state index in [4.69, 9.17) is 9.47 Å². The van der Waals surface area contributed by atoms with E-state index in [0.717, 1.165) is 6.42 Å². The van der Waals surface area contributed by atoms with E-state index in [1.54, 1.807) is 30.4 Å². The third kappa shape index (κ3) is 9.62. The zero-order chi connectivity index (χ0) is 20.4. The molecule has 0 aliphatic heterocycles. The monoisotopic (exact) mass is 359 g/mol. The molecule has 0 amide bonds. The maximum atomic E-state index is 11.8. The predicted octanol–water partition coefficient (Wildman–Crippen LogP) is 5.95. The average Bonchev–Trinajstić information content (AvgIpc) is 2.70. The Hall–Kier alpha value is -2.62. The van der Waals surface area contributed by atoms with Crippen LogP contribution in [0.25, 0.3) is 0 Å². The van der Waals surface area contributed by atoms with Gasteiger partial charge in [-0.2, -0.15) is 0 Å². The molecule has 0 aliphatic rings. The van der Waals surface area contributed by atoms with Crippen LogP contribution in [0.5, 0.6) is 0 Å². The van der Waals surface area contributed by atoms with Gasteiger partial charge in [0.1, 0.15) is 0 Å². The second-order valence-corrected chi connectivity index (χ2v) is 4.40. The van der Waals surface area contributed by atoms with Crippen LogP contribution in [-0.2, 0) is 9.47 Å². The Labute approximate surface area is 158 Å². The second-order valence-electron chi connectivity index (χ2n) is 4.40. The lowest BCUT2D eigenvalue weighted by Gasteiger charge is -2.09. The number of ether oxygens (including phenoxy) is 2. The predicted molar refractivity (Wildman–Crippen MR) is 112 cm³/mol. The normalized spacial score (nSPS) is 10.4. The van der Waals surface area contributed by atoms with Crippen molar-refractivity contribution in [2.24, 2.45) is 4.99 Å². The van der Waals surface area contributed by atoms with Crippen LogP contribution >= 0.6 is 0 Å². The molecule has 0 saturated carbocycles. The molecule has 0 N–H and O–H groups in total. The van der Waals surface area contributed by atoms with Crippen LogP contribution in [0.3, 0.4) is 0 Å². The summed E-state index contributed by atoms with van der Waals surface area (Å²) in [6.45, 7) is 17.6. The van der Waals surface area contributed by atoms with Gasteiger partial charge in [-0.3, -0.25) is 0 Å². The quantitative estimate of drug-likeness (QED) is 0.144. The van der Waals surface area contributed by atoms with Crippen molar-refractivity contribution >= 4 is 11.7 Å². The van der Waals surface area contributed by atoms with Gasteiger partial charge in [-0.1, -0.05) is 64.6 Å². The first-order valence-electron chi connectivity index (χ1n) is 8.93. The lowest BCUT2D eigenvalue weighted by molar-refractivity contribution is 0.0600. The van der Waals surface area contributed by atoms with Crippen molar-refractivity contribution in [1.29, 1.82) is 0 Å². The lowest BCUT2D eigenvalue weighted by Crippen LogP contribution is -2.09. The van der Waals surface area contributed by atoms with Crippen molar-refractivity contribution in [3.63, 3.8) is 0 Å². The van der Waals surface area contributed by atoms with Gasteiger partial charge in [0.05, 0.1) is 19.3 Å². The molecule has 0 radical (unpaired) electrons. The fourth-order valence-electron chi connectivity index (χ4n) is 1.78.